The summed E-state index contributed by atoms with van der Waals surface area (Å²) in [5, 5.41) is 11.3. The Morgan fingerprint density at radius 1 is 1.31 bits per heavy atom. The summed E-state index contributed by atoms with van der Waals surface area (Å²) in [6.07, 6.45) is 3.18. The third-order valence-electron chi connectivity index (χ3n) is 1.76. The molecule has 4 nitrogen and oxygen atoms in total. The van der Waals surface area contributed by atoms with Gasteiger partial charge in [0.2, 0.25) is 5.91 Å². The molecule has 1 aromatic rings. The molecule has 16 heavy (non-hydrogen) atoms. The second kappa shape index (κ2) is 6.26. The van der Waals surface area contributed by atoms with E-state index in [0.29, 0.717) is 5.69 Å². The van der Waals surface area contributed by atoms with Crippen molar-refractivity contribution in [2.45, 2.75) is 0 Å². The number of nitrogens with one attached hydrogen (secondary N) is 1. The van der Waals surface area contributed by atoms with Crippen molar-refractivity contribution < 1.29 is 14.7 Å². The highest BCUT2D eigenvalue weighted by Gasteiger charge is 2.02. The highest BCUT2D eigenvalue weighted by molar-refractivity contribution is 14.1. The fourth-order valence-electron chi connectivity index (χ4n) is 1.03. The molecule has 0 saturated carbocycles. The molecule has 0 heterocycles. The van der Waals surface area contributed by atoms with Crippen LogP contribution >= 0.6 is 22.6 Å². The van der Waals surface area contributed by atoms with Gasteiger partial charge in [-0.25, -0.2) is 4.79 Å². The number of amides is 1. The van der Waals surface area contributed by atoms with Crippen LogP contribution in [0.4, 0.5) is 5.69 Å². The molecule has 0 spiro atoms. The predicted molar refractivity (Wildman–Crippen MR) is 70.1 cm³/mol. The molecule has 0 saturated heterocycles. The molecular weight excluding hydrogens is 321 g/mol. The van der Waals surface area contributed by atoms with Crippen LogP contribution in [0.1, 0.15) is 10.4 Å². The summed E-state index contributed by atoms with van der Waals surface area (Å²) >= 11 is 2.13. The molecule has 1 aromatic carbocycles. The minimum Gasteiger partial charge on any atom is -0.478 e. The molecule has 1 rings (SSSR count). The minimum atomic E-state index is -0.984. The Labute approximate surface area is 106 Å². The van der Waals surface area contributed by atoms with E-state index in [9.17, 15) is 9.59 Å². The number of aromatic carboxylic acids is 1. The topological polar surface area (TPSA) is 66.4 Å². The predicted octanol–water partition coefficient (Wildman–Crippen LogP) is 2.31. The lowest BCUT2D eigenvalue weighted by atomic mass is 10.2. The largest absolute Gasteiger partial charge is 0.478 e. The first-order valence-corrected chi connectivity index (χ1v) is 6.03. The van der Waals surface area contributed by atoms with Gasteiger partial charge >= 0.3 is 5.97 Å². The zero-order valence-electron chi connectivity index (χ0n) is 8.31. The van der Waals surface area contributed by atoms with Gasteiger partial charge in [0.05, 0.1) is 5.56 Å². The second-order valence-corrected chi connectivity index (χ2v) is 3.81. The van der Waals surface area contributed by atoms with Gasteiger partial charge in [0, 0.05) is 16.2 Å². The van der Waals surface area contributed by atoms with Crippen molar-refractivity contribution in [1.82, 2.24) is 0 Å². The summed E-state index contributed by atoms with van der Waals surface area (Å²) in [6.45, 7) is 0. The maximum atomic E-state index is 11.3. The van der Waals surface area contributed by atoms with E-state index in [1.165, 1.54) is 18.2 Å². The number of carboxylic acids is 1. The number of alkyl halides is 1. The molecule has 5 heteroatoms. The van der Waals surface area contributed by atoms with E-state index in [1.807, 2.05) is 0 Å². The Morgan fingerprint density at radius 2 is 1.94 bits per heavy atom. The average molecular weight is 331 g/mol. The quantitative estimate of drug-likeness (QED) is 0.506. The summed E-state index contributed by atoms with van der Waals surface area (Å²) in [6, 6.07) is 6.00. The van der Waals surface area contributed by atoms with Crippen LogP contribution in [0, 0.1) is 0 Å². The van der Waals surface area contributed by atoms with E-state index in [4.69, 9.17) is 5.11 Å². The molecule has 84 valence electrons. The van der Waals surface area contributed by atoms with E-state index >= 15 is 0 Å². The highest BCUT2D eigenvalue weighted by atomic mass is 127. The summed E-state index contributed by atoms with van der Waals surface area (Å²) in [5.41, 5.74) is 0.772. The zero-order valence-corrected chi connectivity index (χ0v) is 10.5. The Balaban J connectivity index is 2.65. The monoisotopic (exact) mass is 331 g/mol. The third kappa shape index (κ3) is 4.01. The van der Waals surface area contributed by atoms with Crippen LogP contribution in [-0.2, 0) is 4.79 Å². The minimum absolute atomic E-state index is 0.195. The van der Waals surface area contributed by atoms with Crippen LogP contribution in [0.3, 0.4) is 0 Å². The first-order valence-electron chi connectivity index (χ1n) is 4.50. The molecule has 0 unspecified atom stereocenters. The molecule has 0 radical (unpaired) electrons. The van der Waals surface area contributed by atoms with Crippen LogP contribution in [0.5, 0.6) is 0 Å². The van der Waals surface area contributed by atoms with E-state index in [1.54, 1.807) is 18.2 Å². The highest BCUT2D eigenvalue weighted by Crippen LogP contribution is 2.09. The zero-order chi connectivity index (χ0) is 12.0. The number of carboxylic acid groups (broad SMARTS) is 1. The first kappa shape index (κ1) is 12.7. The van der Waals surface area contributed by atoms with E-state index in [2.05, 4.69) is 27.9 Å². The van der Waals surface area contributed by atoms with Gasteiger partial charge in [-0.15, -0.1) is 0 Å². The van der Waals surface area contributed by atoms with Crippen molar-refractivity contribution in [2.75, 3.05) is 9.74 Å². The van der Waals surface area contributed by atoms with Gasteiger partial charge in [-0.05, 0) is 24.3 Å². The number of benzene rings is 1. The summed E-state index contributed by atoms with van der Waals surface area (Å²) in [7, 11) is 0. The smallest absolute Gasteiger partial charge is 0.335 e. The van der Waals surface area contributed by atoms with Crippen LogP contribution in [0.25, 0.3) is 0 Å². The molecule has 0 fully saturated rings. The van der Waals surface area contributed by atoms with Gasteiger partial charge in [-0.2, -0.15) is 0 Å². The second-order valence-electron chi connectivity index (χ2n) is 2.93. The lowest BCUT2D eigenvalue weighted by Crippen LogP contribution is -2.08. The van der Waals surface area contributed by atoms with E-state index < -0.39 is 5.97 Å². The van der Waals surface area contributed by atoms with Crippen molar-refractivity contribution in [3.63, 3.8) is 0 Å². The maximum Gasteiger partial charge on any atom is 0.335 e. The average Bonchev–Trinajstić information content (AvgIpc) is 2.27. The van der Waals surface area contributed by atoms with Crippen LogP contribution in [0.2, 0.25) is 0 Å². The van der Waals surface area contributed by atoms with Gasteiger partial charge in [-0.3, -0.25) is 4.79 Å². The SMILES string of the molecule is O=C(/C=C/CI)Nc1ccc(C(=O)O)cc1. The number of halogens is 1. The first-order chi connectivity index (χ1) is 7.63. The van der Waals surface area contributed by atoms with Crippen LogP contribution in [-0.4, -0.2) is 21.4 Å². The standard InChI is InChI=1S/C11H10INO3/c12-7-1-2-10(14)13-9-5-3-8(4-6-9)11(15)16/h1-6H,7H2,(H,13,14)(H,15,16)/b2-1+. The lowest BCUT2D eigenvalue weighted by Gasteiger charge is -2.02. The van der Waals surface area contributed by atoms with Gasteiger partial charge in [0.15, 0.2) is 0 Å². The number of carbonyl (C=O) groups excluding carboxylic acids is 1. The van der Waals surface area contributed by atoms with E-state index in [-0.39, 0.29) is 11.5 Å². The molecule has 0 aromatic heterocycles. The number of rotatable bonds is 4. The number of anilines is 1. The summed E-state index contributed by atoms with van der Waals surface area (Å²) < 4.78 is 0.767. The molecule has 2 N–H and O–H groups in total. The normalized spacial score (nSPS) is 10.3. The number of allylic oxidation sites excluding steroid dienone is 1. The van der Waals surface area contributed by atoms with E-state index in [0.717, 1.165) is 4.43 Å². The summed E-state index contributed by atoms with van der Waals surface area (Å²) in [5.74, 6) is -1.21. The Kier molecular flexibility index (Phi) is 4.97. The fraction of sp³-hybridized carbons (Fsp3) is 0.0909. The summed E-state index contributed by atoms with van der Waals surface area (Å²) in [4.78, 5) is 21.8. The van der Waals surface area contributed by atoms with Crippen molar-refractivity contribution in [3.05, 3.63) is 42.0 Å². The number of hydrogen-bond acceptors (Lipinski definition) is 2. The molecule has 0 atom stereocenters. The Bertz CT molecular complexity index is 412. The molecule has 0 aliphatic carbocycles. The van der Waals surface area contributed by atoms with Crippen LogP contribution in [0.15, 0.2) is 36.4 Å². The van der Waals surface area contributed by atoms with Crippen molar-refractivity contribution in [1.29, 1.82) is 0 Å². The molecule has 0 bridgehead atoms. The molecule has 0 aliphatic heterocycles. The van der Waals surface area contributed by atoms with Gasteiger partial charge in [0.1, 0.15) is 0 Å². The lowest BCUT2D eigenvalue weighted by molar-refractivity contribution is -0.111. The van der Waals surface area contributed by atoms with Crippen molar-refractivity contribution in [2.24, 2.45) is 0 Å². The third-order valence-corrected chi connectivity index (χ3v) is 2.27. The van der Waals surface area contributed by atoms with Crippen molar-refractivity contribution >= 4 is 40.2 Å². The van der Waals surface area contributed by atoms with Crippen molar-refractivity contribution in [3.8, 4) is 0 Å². The molecular formula is C11H10INO3. The van der Waals surface area contributed by atoms with Gasteiger partial charge < -0.3 is 10.4 Å². The van der Waals surface area contributed by atoms with Crippen LogP contribution < -0.4 is 5.32 Å². The molecule has 1 amide bonds. The van der Waals surface area contributed by atoms with Gasteiger partial charge in [0.25, 0.3) is 0 Å². The fourth-order valence-corrected chi connectivity index (χ4v) is 1.29. The maximum absolute atomic E-state index is 11.3. The Morgan fingerprint density at radius 3 is 2.44 bits per heavy atom. The Hall–Kier alpha value is -1.37. The number of hydrogen-bond donors (Lipinski definition) is 2. The molecule has 0 aliphatic rings. The number of carbonyl (C=O) groups is 2. The van der Waals surface area contributed by atoms with Gasteiger partial charge in [-0.1, -0.05) is 28.7 Å².